The highest BCUT2D eigenvalue weighted by Gasteiger charge is 2.45. The van der Waals surface area contributed by atoms with Gasteiger partial charge in [-0.2, -0.15) is 0 Å². The molecule has 3 aliphatic rings. The number of hydrogen-bond donors (Lipinski definition) is 2. The number of carbonyl (C=O) groups is 1. The number of aliphatic imine (C=N–C) groups is 1. The standard InChI is InChI=1S/C28H38FN5O.C2H4O.2C2H6/c1-21(31-25(9-5-6-16-30)33-17-7-4-8-18-33)23-10-11-24(27(3,29)22(2)35)32-26(23)34-19-14-28(12-13-28)15-20-34;1-2-3;2*1-2/h5-6,9-11,16,35H,1-2,4,7-8,12-15,17-20,30H2,3H3;2H,1H3;2*1-2H3/b9-5-,16-6+,31-25?;;;. The zero-order chi connectivity index (χ0) is 31.8. The lowest BCUT2D eigenvalue weighted by atomic mass is 9.93. The zero-order valence-corrected chi connectivity index (χ0v) is 26.8. The lowest BCUT2D eigenvalue weighted by Crippen LogP contribution is -2.36. The van der Waals surface area contributed by atoms with Crippen molar-refractivity contribution in [3.05, 3.63) is 66.7 Å². The maximum Gasteiger partial charge on any atom is 0.205 e. The third kappa shape index (κ3) is 10.1. The summed E-state index contributed by atoms with van der Waals surface area (Å²) in [7, 11) is 0. The Morgan fingerprint density at radius 1 is 1.05 bits per heavy atom. The minimum Gasteiger partial charge on any atom is -0.509 e. The number of aliphatic hydroxyl groups excluding tert-OH is 1. The smallest absolute Gasteiger partial charge is 0.205 e. The maximum atomic E-state index is 15.3. The van der Waals surface area contributed by atoms with Crippen LogP contribution in [0, 0.1) is 5.41 Å². The number of aldehydes is 1. The summed E-state index contributed by atoms with van der Waals surface area (Å²) in [5.41, 5.74) is 5.36. The molecular weight excluding hydrogens is 529 g/mol. The van der Waals surface area contributed by atoms with Crippen molar-refractivity contribution in [2.45, 2.75) is 92.2 Å². The predicted molar refractivity (Wildman–Crippen MR) is 176 cm³/mol. The molecule has 3 N–H and O–H groups in total. The fourth-order valence-corrected chi connectivity index (χ4v) is 4.93. The minimum absolute atomic E-state index is 0.136. The van der Waals surface area contributed by atoms with E-state index in [0.29, 0.717) is 16.9 Å². The number of halogens is 1. The van der Waals surface area contributed by atoms with Crippen LogP contribution in [0.1, 0.15) is 97.7 Å². The number of likely N-dealkylation sites (tertiary alicyclic amines) is 1. The van der Waals surface area contributed by atoms with Gasteiger partial charge in [-0.1, -0.05) is 46.9 Å². The van der Waals surface area contributed by atoms with E-state index in [2.05, 4.69) is 23.0 Å². The Labute approximate surface area is 253 Å². The molecule has 234 valence electrons. The monoisotopic (exact) mass is 583 g/mol. The first kappa shape index (κ1) is 36.6. The molecule has 2 aliphatic heterocycles. The average molecular weight is 584 g/mol. The molecule has 1 spiro atoms. The van der Waals surface area contributed by atoms with Gasteiger partial charge in [0.05, 0.1) is 11.4 Å². The van der Waals surface area contributed by atoms with Gasteiger partial charge in [0, 0.05) is 31.7 Å². The normalized spacial score (nSPS) is 19.0. The summed E-state index contributed by atoms with van der Waals surface area (Å²) < 4.78 is 15.3. The van der Waals surface area contributed by atoms with E-state index >= 15 is 4.39 Å². The van der Waals surface area contributed by atoms with Crippen LogP contribution in [0.3, 0.4) is 0 Å². The van der Waals surface area contributed by atoms with E-state index in [4.69, 9.17) is 20.5 Å². The molecule has 42 heavy (non-hydrogen) atoms. The number of nitrogens with two attached hydrogens (primary N) is 1. The second kappa shape index (κ2) is 18.2. The van der Waals surface area contributed by atoms with Gasteiger partial charge in [-0.05, 0) is 94.7 Å². The molecule has 0 amide bonds. The number of rotatable bonds is 7. The summed E-state index contributed by atoms with van der Waals surface area (Å²) in [6, 6.07) is 3.42. The van der Waals surface area contributed by atoms with Gasteiger partial charge < -0.3 is 25.4 Å². The number of piperidine rings is 2. The number of hydrogen-bond acceptors (Lipinski definition) is 6. The Morgan fingerprint density at radius 3 is 2.12 bits per heavy atom. The lowest BCUT2D eigenvalue weighted by Gasteiger charge is -2.35. The molecule has 0 aromatic carbocycles. The molecule has 2 saturated heterocycles. The molecule has 3 heterocycles. The van der Waals surface area contributed by atoms with Crippen LogP contribution in [0.4, 0.5) is 10.2 Å². The van der Waals surface area contributed by atoms with Crippen LogP contribution in [0.5, 0.6) is 0 Å². The highest BCUT2D eigenvalue weighted by Crippen LogP contribution is 2.54. The molecule has 1 saturated carbocycles. The van der Waals surface area contributed by atoms with E-state index in [1.54, 1.807) is 12.1 Å². The molecule has 1 atom stereocenters. The Morgan fingerprint density at radius 2 is 1.62 bits per heavy atom. The fraction of sp³-hybridized carbons (Fsp3) is 0.559. The second-order valence-electron chi connectivity index (χ2n) is 10.4. The van der Waals surface area contributed by atoms with Crippen molar-refractivity contribution in [3.63, 3.8) is 0 Å². The molecule has 3 fully saturated rings. The van der Waals surface area contributed by atoms with E-state index in [9.17, 15) is 5.11 Å². The van der Waals surface area contributed by atoms with Gasteiger partial charge in [0.2, 0.25) is 5.67 Å². The van der Waals surface area contributed by atoms with Crippen LogP contribution in [0.15, 0.2) is 60.5 Å². The summed E-state index contributed by atoms with van der Waals surface area (Å²) in [5, 5.41) is 9.87. The number of nitrogens with zero attached hydrogens (tertiary/aromatic N) is 4. The number of alkyl halides is 1. The lowest BCUT2D eigenvalue weighted by molar-refractivity contribution is -0.106. The highest BCUT2D eigenvalue weighted by atomic mass is 19.1. The van der Waals surface area contributed by atoms with Crippen LogP contribution < -0.4 is 10.6 Å². The minimum atomic E-state index is -2.14. The van der Waals surface area contributed by atoms with Gasteiger partial charge in [0.15, 0.2) is 0 Å². The van der Waals surface area contributed by atoms with Gasteiger partial charge in [-0.3, -0.25) is 0 Å². The van der Waals surface area contributed by atoms with Crippen molar-refractivity contribution in [2.24, 2.45) is 16.1 Å². The van der Waals surface area contributed by atoms with E-state index in [1.807, 2.05) is 45.9 Å². The van der Waals surface area contributed by atoms with Crippen LogP contribution >= 0.6 is 0 Å². The number of aliphatic hydroxyl groups is 1. The Kier molecular flexibility index (Phi) is 15.9. The SMILES string of the molecule is C=C(N=C(/C=C\C=C\N)N1CCCCC1)c1ccc(C(C)(F)C(=C)O)nc1N1CCC2(CC1)CC2.CC.CC.CC=O. The van der Waals surface area contributed by atoms with Gasteiger partial charge >= 0.3 is 0 Å². The van der Waals surface area contributed by atoms with Gasteiger partial charge in [-0.15, -0.1) is 0 Å². The predicted octanol–water partition coefficient (Wildman–Crippen LogP) is 7.86. The molecular formula is C34H54FN5O2. The van der Waals surface area contributed by atoms with Gasteiger partial charge in [0.25, 0.3) is 0 Å². The molecule has 8 heteroatoms. The topological polar surface area (TPSA) is 95.0 Å². The molecule has 1 aromatic heterocycles. The van der Waals surface area contributed by atoms with E-state index < -0.39 is 11.4 Å². The van der Waals surface area contributed by atoms with Crippen LogP contribution in [-0.2, 0) is 10.5 Å². The van der Waals surface area contributed by atoms with Gasteiger partial charge in [-0.25, -0.2) is 14.4 Å². The molecule has 1 unspecified atom stereocenters. The van der Waals surface area contributed by atoms with E-state index in [0.717, 1.165) is 69.5 Å². The summed E-state index contributed by atoms with van der Waals surface area (Å²) in [4.78, 5) is 22.9. The number of aromatic nitrogens is 1. The summed E-state index contributed by atoms with van der Waals surface area (Å²) in [6.45, 7) is 22.1. The summed E-state index contributed by atoms with van der Waals surface area (Å²) in [6.07, 6.45) is 16.1. The third-order valence-corrected chi connectivity index (χ3v) is 7.69. The van der Waals surface area contributed by atoms with Crippen LogP contribution in [0.2, 0.25) is 0 Å². The Balaban J connectivity index is 0.00000116. The number of amidine groups is 1. The first-order valence-corrected chi connectivity index (χ1v) is 15.5. The molecule has 7 nitrogen and oxygen atoms in total. The summed E-state index contributed by atoms with van der Waals surface area (Å²) in [5.74, 6) is 0.944. The number of pyridine rings is 1. The molecule has 0 radical (unpaired) electrons. The number of allylic oxidation sites excluding steroid dienone is 3. The third-order valence-electron chi connectivity index (χ3n) is 7.69. The van der Waals surface area contributed by atoms with Crippen molar-refractivity contribution in [1.29, 1.82) is 0 Å². The molecule has 0 bridgehead atoms. The van der Waals surface area contributed by atoms with Crippen molar-refractivity contribution in [3.8, 4) is 0 Å². The zero-order valence-electron chi connectivity index (χ0n) is 26.8. The van der Waals surface area contributed by atoms with E-state index in [1.165, 1.54) is 39.3 Å². The van der Waals surface area contributed by atoms with E-state index in [-0.39, 0.29) is 5.69 Å². The Hall–Kier alpha value is -3.42. The average Bonchev–Trinajstić information content (AvgIpc) is 3.78. The van der Waals surface area contributed by atoms with Crippen LogP contribution in [0.25, 0.3) is 5.70 Å². The first-order valence-electron chi connectivity index (χ1n) is 15.5. The number of anilines is 1. The first-order chi connectivity index (χ1) is 20.2. The van der Waals surface area contributed by atoms with Crippen LogP contribution in [-0.4, -0.2) is 53.3 Å². The molecule has 1 aromatic rings. The van der Waals surface area contributed by atoms with Crippen molar-refractivity contribution < 1.29 is 14.3 Å². The highest BCUT2D eigenvalue weighted by molar-refractivity contribution is 5.97. The summed E-state index contributed by atoms with van der Waals surface area (Å²) >= 11 is 0. The van der Waals surface area contributed by atoms with Crippen molar-refractivity contribution >= 4 is 23.6 Å². The fourth-order valence-electron chi connectivity index (χ4n) is 4.93. The second-order valence-corrected chi connectivity index (χ2v) is 10.4. The van der Waals surface area contributed by atoms with Crippen molar-refractivity contribution in [2.75, 3.05) is 31.1 Å². The molecule has 4 rings (SSSR count). The Bertz CT molecular complexity index is 1090. The van der Waals surface area contributed by atoms with Gasteiger partial charge in [0.1, 0.15) is 23.7 Å². The number of carbonyl (C=O) groups excluding carboxylic acids is 1. The molecule has 1 aliphatic carbocycles. The largest absolute Gasteiger partial charge is 0.509 e. The quantitative estimate of drug-likeness (QED) is 0.112. The van der Waals surface area contributed by atoms with Crippen molar-refractivity contribution in [1.82, 2.24) is 9.88 Å². The maximum absolute atomic E-state index is 15.3.